The van der Waals surface area contributed by atoms with Crippen LogP contribution in [0.5, 0.6) is 0 Å². The molecule has 0 rings (SSSR count). The van der Waals surface area contributed by atoms with E-state index in [1.165, 1.54) is 532 Å². The second-order valence-electron chi connectivity index (χ2n) is 34.0. The number of halogens is 2. The monoisotopic (exact) mass is 1500 g/mol. The van der Waals surface area contributed by atoms with Gasteiger partial charge in [-0.1, -0.05) is 508 Å². The first kappa shape index (κ1) is 103. The van der Waals surface area contributed by atoms with Crippen LogP contribution in [-0.2, 0) is 0 Å². The number of hydrogen-bond donors (Lipinski definition) is 0. The molecule has 0 heterocycles. The molecule has 0 N–H and O–H groups in total. The normalized spacial score (nSPS) is 11.7. The van der Waals surface area contributed by atoms with Crippen LogP contribution in [0, 0.1) is 0 Å². The number of unbranched alkanes of at least 4 members (excludes halogenated alkanes) is 79. The van der Waals surface area contributed by atoms with Gasteiger partial charge in [0.25, 0.3) is 0 Å². The van der Waals surface area contributed by atoms with Crippen molar-refractivity contribution in [1.29, 1.82) is 0 Å². The van der Waals surface area contributed by atoms with E-state index in [9.17, 15) is 0 Å². The lowest BCUT2D eigenvalue weighted by molar-refractivity contribution is -0.001000. The molecule has 0 saturated carbocycles. The first-order chi connectivity index (χ1) is 45.6. The first-order valence-electron chi connectivity index (χ1n) is 45.2. The maximum absolute atomic E-state index is 2.48. The van der Waals surface area contributed by atoms with E-state index in [2.05, 4.69) is 53.8 Å². The van der Waals surface area contributed by atoms with E-state index in [1.807, 2.05) is 0 Å². The minimum Gasteiger partial charge on any atom is -1.00 e. The van der Waals surface area contributed by atoms with Crippen LogP contribution in [0.1, 0.15) is 534 Å². The highest BCUT2D eigenvalue weighted by atomic mass is 79.9. The zero-order valence-electron chi connectivity index (χ0n) is 68.3. The lowest BCUT2D eigenvalue weighted by Gasteiger charge is -2.10. The molecule has 0 aliphatic heterocycles. The van der Waals surface area contributed by atoms with Crippen molar-refractivity contribution in [3.63, 3.8) is 0 Å². The molecule has 0 aromatic carbocycles. The molecule has 0 aromatic rings. The van der Waals surface area contributed by atoms with Crippen molar-refractivity contribution in [2.75, 3.05) is 52.3 Å². The Hall–Kier alpha value is 1.82. The molecule has 0 amide bonds. The Morgan fingerprint density at radius 2 is 0.168 bits per heavy atom. The Kier molecular flexibility index (Phi) is 99.8. The van der Waals surface area contributed by atoms with Gasteiger partial charge in [-0.25, -0.2) is 0 Å². The second-order valence-corrected chi connectivity index (χ2v) is 44.0. The van der Waals surface area contributed by atoms with Crippen molar-refractivity contribution < 1.29 is 34.0 Å². The lowest BCUT2D eigenvalue weighted by atomic mass is 10.0. The SMILES string of the molecule is CCCCCCCCCCCCCCCCCCCCCCCCCCCCCCCCCCCCCCCCCCC[P+](C)(C)C.CCCCCCCCCCCCCCCCCCCCCCCCCCCCCCCCCCCCCCCCCC[P+](C)(C)C.[Br-].[Br-]. The first-order valence-corrected chi connectivity index (χ1v) is 51.9. The summed E-state index contributed by atoms with van der Waals surface area (Å²) in [4.78, 5) is 0. The molecular weight excluding hydrogens is 1310 g/mol. The third-order valence-corrected chi connectivity index (χ3v) is 24.9. The molecule has 95 heavy (non-hydrogen) atoms. The average Bonchev–Trinajstić information content (AvgIpc) is 3.75. The summed E-state index contributed by atoms with van der Waals surface area (Å²) in [6.07, 6.45) is 124. The molecular formula is C91H190Br2P2. The fourth-order valence-corrected chi connectivity index (χ4v) is 17.3. The predicted octanol–water partition coefficient (Wildman–Crippen LogP) is 29.4. The van der Waals surface area contributed by atoms with Crippen molar-refractivity contribution in [2.45, 2.75) is 534 Å². The van der Waals surface area contributed by atoms with Gasteiger partial charge in [-0.3, -0.25) is 0 Å². The van der Waals surface area contributed by atoms with Crippen LogP contribution < -0.4 is 34.0 Å². The fourth-order valence-electron chi connectivity index (χ4n) is 14.9. The van der Waals surface area contributed by atoms with Crippen LogP contribution >= 0.6 is 14.5 Å². The van der Waals surface area contributed by atoms with Crippen LogP contribution in [0.3, 0.4) is 0 Å². The number of hydrogen-bond acceptors (Lipinski definition) is 0. The van der Waals surface area contributed by atoms with Gasteiger partial charge in [-0.05, 0) is 25.7 Å². The average molecular weight is 1510 g/mol. The van der Waals surface area contributed by atoms with Crippen LogP contribution in [0.15, 0.2) is 0 Å². The van der Waals surface area contributed by atoms with Crippen molar-refractivity contribution in [1.82, 2.24) is 0 Å². The van der Waals surface area contributed by atoms with Crippen LogP contribution in [0.25, 0.3) is 0 Å². The Morgan fingerprint density at radius 1 is 0.105 bits per heavy atom. The van der Waals surface area contributed by atoms with Crippen molar-refractivity contribution in [3.05, 3.63) is 0 Å². The maximum atomic E-state index is 2.48. The highest BCUT2D eigenvalue weighted by molar-refractivity contribution is 7.74. The van der Waals surface area contributed by atoms with Crippen LogP contribution in [0.2, 0.25) is 0 Å². The van der Waals surface area contributed by atoms with Crippen LogP contribution in [-0.4, -0.2) is 52.3 Å². The minimum absolute atomic E-state index is 0. The molecule has 578 valence electrons. The van der Waals surface area contributed by atoms with Crippen molar-refractivity contribution in [3.8, 4) is 0 Å². The zero-order valence-corrected chi connectivity index (χ0v) is 73.3. The Labute approximate surface area is 630 Å². The largest absolute Gasteiger partial charge is 1.00 e. The fraction of sp³-hybridized carbons (Fsp3) is 1.00. The van der Waals surface area contributed by atoms with E-state index in [4.69, 9.17) is 0 Å². The molecule has 0 aliphatic rings. The topological polar surface area (TPSA) is 0 Å². The van der Waals surface area contributed by atoms with Crippen molar-refractivity contribution >= 4 is 14.5 Å². The van der Waals surface area contributed by atoms with Gasteiger partial charge in [0.2, 0.25) is 0 Å². The van der Waals surface area contributed by atoms with E-state index < -0.39 is 14.5 Å². The quantitative estimate of drug-likeness (QED) is 0.0421. The molecule has 4 heteroatoms. The summed E-state index contributed by atoms with van der Waals surface area (Å²) in [7, 11) is -1.05. The highest BCUT2D eigenvalue weighted by Gasteiger charge is 2.16. The summed E-state index contributed by atoms with van der Waals surface area (Å²) in [5.74, 6) is 0. The van der Waals surface area contributed by atoms with Gasteiger partial charge in [-0.15, -0.1) is 0 Å². The smallest absolute Gasteiger partial charge is 0.0586 e. The molecule has 0 saturated heterocycles. The van der Waals surface area contributed by atoms with E-state index in [0.717, 1.165) is 0 Å². The van der Waals surface area contributed by atoms with E-state index in [1.54, 1.807) is 0 Å². The molecule has 0 fully saturated rings. The summed E-state index contributed by atoms with van der Waals surface area (Å²) in [6, 6.07) is 0. The van der Waals surface area contributed by atoms with Crippen molar-refractivity contribution in [2.24, 2.45) is 0 Å². The zero-order chi connectivity index (χ0) is 67.7. The molecule has 0 bridgehead atoms. The molecule has 0 aromatic heterocycles. The van der Waals surface area contributed by atoms with E-state index >= 15 is 0 Å². The van der Waals surface area contributed by atoms with Gasteiger partial charge in [0, 0.05) is 54.5 Å². The second kappa shape index (κ2) is 91.9. The van der Waals surface area contributed by atoms with Gasteiger partial charge in [0.1, 0.15) is 0 Å². The summed E-state index contributed by atoms with van der Waals surface area (Å²) in [6.45, 7) is 19.5. The summed E-state index contributed by atoms with van der Waals surface area (Å²) in [5, 5.41) is 0. The summed E-state index contributed by atoms with van der Waals surface area (Å²) >= 11 is 0. The molecule has 0 radical (unpaired) electrons. The molecule has 0 atom stereocenters. The van der Waals surface area contributed by atoms with Gasteiger partial charge >= 0.3 is 0 Å². The summed E-state index contributed by atoms with van der Waals surface area (Å²) < 4.78 is 0. The third-order valence-electron chi connectivity index (χ3n) is 21.6. The van der Waals surface area contributed by atoms with Gasteiger partial charge < -0.3 is 34.0 Å². The van der Waals surface area contributed by atoms with Crippen LogP contribution in [0.4, 0.5) is 0 Å². The molecule has 0 aliphatic carbocycles. The Morgan fingerprint density at radius 3 is 0.232 bits per heavy atom. The molecule has 0 nitrogen and oxygen atoms in total. The standard InChI is InChI=1S/C46H96P.C45H94P.2BrH/c1-5-6-7-8-9-10-11-12-13-14-15-16-17-18-19-20-21-22-23-24-25-26-27-28-29-30-31-32-33-34-35-36-37-38-39-40-41-42-43-44-45-46-47(2,3)4;1-5-6-7-8-9-10-11-12-13-14-15-16-17-18-19-20-21-22-23-24-25-26-27-28-29-30-31-32-33-34-35-36-37-38-39-40-41-42-43-44-45-46(2,3)4;;/h5-46H2,1-4H3;5-45H2,1-4H3;2*1H/q2*+1;;/p-2. The van der Waals surface area contributed by atoms with Gasteiger partial charge in [0.15, 0.2) is 0 Å². The Balaban J connectivity index is -0.000000854. The number of rotatable bonds is 83. The Bertz CT molecular complexity index is 1260. The van der Waals surface area contributed by atoms with E-state index in [0.29, 0.717) is 0 Å². The molecule has 0 unspecified atom stereocenters. The van der Waals surface area contributed by atoms with Gasteiger partial charge in [0.05, 0.1) is 12.3 Å². The molecule has 0 spiro atoms. The predicted molar refractivity (Wildman–Crippen MR) is 444 cm³/mol. The highest BCUT2D eigenvalue weighted by Crippen LogP contribution is 2.48. The lowest BCUT2D eigenvalue weighted by Crippen LogP contribution is -3.00. The van der Waals surface area contributed by atoms with E-state index in [-0.39, 0.29) is 34.0 Å². The minimum atomic E-state index is -0.523. The maximum Gasteiger partial charge on any atom is 0.0586 e. The summed E-state index contributed by atoms with van der Waals surface area (Å²) in [5.41, 5.74) is 0. The third kappa shape index (κ3) is 107. The van der Waals surface area contributed by atoms with Gasteiger partial charge in [-0.2, -0.15) is 0 Å².